The number of aryl methyl sites for hydroxylation is 2. The number of sulfone groups is 1. The maximum absolute atomic E-state index is 11.7. The maximum atomic E-state index is 11.7. The molecule has 1 aliphatic heterocycles. The molecule has 1 heterocycles. The largest absolute Gasteiger partial charge is 0.310 e. The van der Waals surface area contributed by atoms with Gasteiger partial charge in [-0.3, -0.25) is 0 Å². The van der Waals surface area contributed by atoms with Crippen molar-refractivity contribution in [2.24, 2.45) is 5.92 Å². The van der Waals surface area contributed by atoms with E-state index < -0.39 is 9.84 Å². The zero-order valence-electron chi connectivity index (χ0n) is 13.4. The summed E-state index contributed by atoms with van der Waals surface area (Å²) in [6.45, 7) is 7.38. The highest BCUT2D eigenvalue weighted by Gasteiger charge is 2.30. The summed E-state index contributed by atoms with van der Waals surface area (Å²) in [5.41, 5.74) is 3.89. The Labute approximate surface area is 129 Å². The van der Waals surface area contributed by atoms with Crippen molar-refractivity contribution in [3.8, 4) is 0 Å². The third-order valence-corrected chi connectivity index (χ3v) is 6.31. The molecule has 21 heavy (non-hydrogen) atoms. The second-order valence-corrected chi connectivity index (χ2v) is 8.58. The van der Waals surface area contributed by atoms with Gasteiger partial charge in [0.15, 0.2) is 9.84 Å². The fourth-order valence-corrected chi connectivity index (χ4v) is 4.91. The van der Waals surface area contributed by atoms with Gasteiger partial charge in [0.1, 0.15) is 0 Å². The topological polar surface area (TPSA) is 46.2 Å². The van der Waals surface area contributed by atoms with Crippen molar-refractivity contribution in [1.82, 2.24) is 5.32 Å². The van der Waals surface area contributed by atoms with Crippen LogP contribution < -0.4 is 5.32 Å². The zero-order valence-corrected chi connectivity index (χ0v) is 14.2. The molecule has 1 aromatic rings. The van der Waals surface area contributed by atoms with Crippen LogP contribution >= 0.6 is 0 Å². The molecule has 1 saturated heterocycles. The number of rotatable bonds is 6. The Balaban J connectivity index is 2.12. The van der Waals surface area contributed by atoms with Crippen LogP contribution in [0.15, 0.2) is 18.2 Å². The van der Waals surface area contributed by atoms with Crippen molar-refractivity contribution < 1.29 is 8.42 Å². The van der Waals surface area contributed by atoms with Crippen molar-refractivity contribution in [2.75, 3.05) is 18.1 Å². The lowest BCUT2D eigenvalue weighted by molar-refractivity contribution is 0.415. The standard InChI is InChI=1S/C17H27NO2S/c1-4-8-18-17(11-15-7-9-21(19,20)12-15)16-6-5-13(2)14(3)10-16/h5-6,10,15,17-18H,4,7-9,11-12H2,1-3H3. The van der Waals surface area contributed by atoms with E-state index in [1.165, 1.54) is 16.7 Å². The molecule has 4 heteroatoms. The van der Waals surface area contributed by atoms with Gasteiger partial charge in [-0.2, -0.15) is 0 Å². The third-order valence-electron chi connectivity index (χ3n) is 4.47. The second-order valence-electron chi connectivity index (χ2n) is 6.36. The monoisotopic (exact) mass is 309 g/mol. The van der Waals surface area contributed by atoms with Gasteiger partial charge in [0, 0.05) is 6.04 Å². The summed E-state index contributed by atoms with van der Waals surface area (Å²) in [4.78, 5) is 0. The van der Waals surface area contributed by atoms with Crippen molar-refractivity contribution >= 4 is 9.84 Å². The van der Waals surface area contributed by atoms with Gasteiger partial charge in [-0.05, 0) is 62.3 Å². The molecule has 0 bridgehead atoms. The fraction of sp³-hybridized carbons (Fsp3) is 0.647. The quantitative estimate of drug-likeness (QED) is 0.878. The number of nitrogens with one attached hydrogen (secondary N) is 1. The predicted molar refractivity (Wildman–Crippen MR) is 88.3 cm³/mol. The van der Waals surface area contributed by atoms with Crippen LogP contribution in [-0.2, 0) is 9.84 Å². The molecule has 0 spiro atoms. The molecular weight excluding hydrogens is 282 g/mol. The average Bonchev–Trinajstić information content (AvgIpc) is 2.77. The molecule has 0 aromatic heterocycles. The molecule has 2 unspecified atom stereocenters. The van der Waals surface area contributed by atoms with Crippen LogP contribution in [0.3, 0.4) is 0 Å². The number of hydrogen-bond acceptors (Lipinski definition) is 3. The summed E-state index contributed by atoms with van der Waals surface area (Å²) in [6.07, 6.45) is 2.82. The van der Waals surface area contributed by atoms with E-state index in [1.807, 2.05) is 0 Å². The third kappa shape index (κ3) is 4.55. The van der Waals surface area contributed by atoms with Crippen LogP contribution in [0.25, 0.3) is 0 Å². The molecule has 2 atom stereocenters. The van der Waals surface area contributed by atoms with Crippen LogP contribution in [0.1, 0.15) is 48.9 Å². The van der Waals surface area contributed by atoms with Gasteiger partial charge in [-0.15, -0.1) is 0 Å². The molecule has 2 rings (SSSR count). The van der Waals surface area contributed by atoms with Gasteiger partial charge >= 0.3 is 0 Å². The van der Waals surface area contributed by atoms with Crippen molar-refractivity contribution in [3.63, 3.8) is 0 Å². The van der Waals surface area contributed by atoms with E-state index in [1.54, 1.807) is 0 Å². The Bertz CT molecular complexity index is 580. The van der Waals surface area contributed by atoms with Crippen molar-refractivity contribution in [3.05, 3.63) is 34.9 Å². The molecular formula is C17H27NO2S. The van der Waals surface area contributed by atoms with E-state index in [-0.39, 0.29) is 6.04 Å². The molecule has 0 aliphatic carbocycles. The van der Waals surface area contributed by atoms with Crippen LogP contribution in [0.4, 0.5) is 0 Å². The summed E-state index contributed by atoms with van der Waals surface area (Å²) in [5, 5.41) is 3.59. The molecule has 1 aliphatic rings. The minimum Gasteiger partial charge on any atom is -0.310 e. The van der Waals surface area contributed by atoms with Gasteiger partial charge in [0.25, 0.3) is 0 Å². The molecule has 1 fully saturated rings. The first kappa shape index (κ1) is 16.5. The highest BCUT2D eigenvalue weighted by molar-refractivity contribution is 7.91. The summed E-state index contributed by atoms with van der Waals surface area (Å²) in [6, 6.07) is 6.85. The van der Waals surface area contributed by atoms with Gasteiger partial charge in [0.2, 0.25) is 0 Å². The van der Waals surface area contributed by atoms with E-state index in [2.05, 4.69) is 44.3 Å². The first-order valence-corrected chi connectivity index (χ1v) is 9.74. The highest BCUT2D eigenvalue weighted by Crippen LogP contribution is 2.29. The summed E-state index contributed by atoms with van der Waals surface area (Å²) < 4.78 is 23.3. The molecule has 0 saturated carbocycles. The van der Waals surface area contributed by atoms with E-state index in [9.17, 15) is 8.42 Å². The van der Waals surface area contributed by atoms with Crippen LogP contribution in [0, 0.1) is 19.8 Å². The normalized spacial score (nSPS) is 22.3. The van der Waals surface area contributed by atoms with Crippen LogP contribution in [0.2, 0.25) is 0 Å². The SMILES string of the molecule is CCCNC(CC1CCS(=O)(=O)C1)c1ccc(C)c(C)c1. The second kappa shape index (κ2) is 6.93. The zero-order chi connectivity index (χ0) is 15.5. The van der Waals surface area contributed by atoms with E-state index in [4.69, 9.17) is 0 Å². The Hall–Kier alpha value is -0.870. The molecule has 118 valence electrons. The average molecular weight is 309 g/mol. The van der Waals surface area contributed by atoms with Gasteiger partial charge in [-0.25, -0.2) is 8.42 Å². The Morgan fingerprint density at radius 2 is 2.05 bits per heavy atom. The van der Waals surface area contributed by atoms with Crippen LogP contribution in [0.5, 0.6) is 0 Å². The minimum atomic E-state index is -2.79. The maximum Gasteiger partial charge on any atom is 0.150 e. The first-order valence-electron chi connectivity index (χ1n) is 7.92. The predicted octanol–water partition coefficient (Wildman–Crippen LogP) is 3.17. The van der Waals surface area contributed by atoms with Gasteiger partial charge in [0.05, 0.1) is 11.5 Å². The van der Waals surface area contributed by atoms with Crippen molar-refractivity contribution in [1.29, 1.82) is 0 Å². The summed E-state index contributed by atoms with van der Waals surface area (Å²) >= 11 is 0. The smallest absolute Gasteiger partial charge is 0.150 e. The lowest BCUT2D eigenvalue weighted by atomic mass is 9.92. The molecule has 1 N–H and O–H groups in total. The van der Waals surface area contributed by atoms with E-state index >= 15 is 0 Å². The Morgan fingerprint density at radius 3 is 2.62 bits per heavy atom. The number of hydrogen-bond donors (Lipinski definition) is 1. The highest BCUT2D eigenvalue weighted by atomic mass is 32.2. The first-order chi connectivity index (χ1) is 9.91. The summed E-state index contributed by atoms with van der Waals surface area (Å²) in [7, 11) is -2.79. The van der Waals surface area contributed by atoms with E-state index in [0.717, 1.165) is 25.8 Å². The van der Waals surface area contributed by atoms with Crippen LogP contribution in [-0.4, -0.2) is 26.5 Å². The Kier molecular flexibility index (Phi) is 5.44. The Morgan fingerprint density at radius 1 is 1.29 bits per heavy atom. The minimum absolute atomic E-state index is 0.266. The molecule has 1 aromatic carbocycles. The van der Waals surface area contributed by atoms with Gasteiger partial charge in [-0.1, -0.05) is 25.1 Å². The fourth-order valence-electron chi connectivity index (χ4n) is 3.03. The lowest BCUT2D eigenvalue weighted by Gasteiger charge is -2.22. The molecule has 3 nitrogen and oxygen atoms in total. The van der Waals surface area contributed by atoms with Gasteiger partial charge < -0.3 is 5.32 Å². The van der Waals surface area contributed by atoms with Crippen molar-refractivity contribution in [2.45, 2.75) is 46.1 Å². The lowest BCUT2D eigenvalue weighted by Crippen LogP contribution is -2.25. The number of benzene rings is 1. The molecule has 0 radical (unpaired) electrons. The molecule has 0 amide bonds. The van der Waals surface area contributed by atoms with E-state index in [0.29, 0.717) is 17.4 Å². The summed E-state index contributed by atoms with van der Waals surface area (Å²) in [5.74, 6) is 1.03.